The molecule has 0 aliphatic heterocycles. The lowest BCUT2D eigenvalue weighted by Crippen LogP contribution is -2.27. The van der Waals surface area contributed by atoms with Gasteiger partial charge in [-0.3, -0.25) is 0 Å². The average Bonchev–Trinajstić information content (AvgIpc) is 2.09. The maximum Gasteiger partial charge on any atom is 0.131 e. The molecule has 0 unspecified atom stereocenters. The Bertz CT molecular complexity index is 374. The lowest BCUT2D eigenvalue weighted by atomic mass is 9.77. The molecular formula is C12H16FNO. The summed E-state index contributed by atoms with van der Waals surface area (Å²) in [7, 11) is 0. The van der Waals surface area contributed by atoms with E-state index in [1.54, 1.807) is 13.0 Å². The Morgan fingerprint density at radius 3 is 2.67 bits per heavy atom. The van der Waals surface area contributed by atoms with Crippen molar-refractivity contribution in [3.63, 3.8) is 0 Å². The van der Waals surface area contributed by atoms with Gasteiger partial charge in [0.05, 0.1) is 0 Å². The van der Waals surface area contributed by atoms with Crippen LogP contribution in [-0.2, 0) is 0 Å². The summed E-state index contributed by atoms with van der Waals surface area (Å²) in [5.41, 5.74) is 6.94. The van der Waals surface area contributed by atoms with E-state index in [-0.39, 0.29) is 11.8 Å². The highest BCUT2D eigenvalue weighted by atomic mass is 19.1. The predicted octanol–water partition coefficient (Wildman–Crippen LogP) is 2.64. The molecule has 0 radical (unpaired) electrons. The molecule has 1 saturated carbocycles. The second kappa shape index (κ2) is 3.81. The molecule has 0 spiro atoms. The van der Waals surface area contributed by atoms with Crippen LogP contribution in [0, 0.1) is 18.7 Å². The molecule has 82 valence electrons. The van der Waals surface area contributed by atoms with E-state index in [9.17, 15) is 9.50 Å². The summed E-state index contributed by atoms with van der Waals surface area (Å²) in [6.45, 7) is 1.76. The monoisotopic (exact) mass is 209 g/mol. The van der Waals surface area contributed by atoms with Crippen molar-refractivity contribution in [2.75, 3.05) is 0 Å². The van der Waals surface area contributed by atoms with Gasteiger partial charge in [0.1, 0.15) is 11.6 Å². The van der Waals surface area contributed by atoms with Crippen LogP contribution in [0.25, 0.3) is 0 Å². The molecule has 1 fully saturated rings. The number of aromatic hydroxyl groups is 1. The number of aryl methyl sites for hydroxylation is 1. The highest BCUT2D eigenvalue weighted by Crippen LogP contribution is 2.40. The van der Waals surface area contributed by atoms with E-state index in [1.165, 1.54) is 6.07 Å². The molecule has 3 N–H and O–H groups in total. The van der Waals surface area contributed by atoms with Crippen molar-refractivity contribution in [3.05, 3.63) is 29.1 Å². The van der Waals surface area contributed by atoms with Crippen molar-refractivity contribution < 1.29 is 9.50 Å². The van der Waals surface area contributed by atoms with Crippen LogP contribution in [0.1, 0.15) is 36.4 Å². The minimum absolute atomic E-state index is 0.0226. The zero-order valence-corrected chi connectivity index (χ0v) is 8.83. The van der Waals surface area contributed by atoms with E-state index in [0.29, 0.717) is 17.0 Å². The highest BCUT2D eigenvalue weighted by molar-refractivity contribution is 5.42. The van der Waals surface area contributed by atoms with Crippen molar-refractivity contribution in [1.82, 2.24) is 0 Å². The summed E-state index contributed by atoms with van der Waals surface area (Å²) >= 11 is 0. The van der Waals surface area contributed by atoms with Gasteiger partial charge in [0.15, 0.2) is 0 Å². The largest absolute Gasteiger partial charge is 0.507 e. The van der Waals surface area contributed by atoms with Crippen LogP contribution in [0.5, 0.6) is 5.75 Å². The van der Waals surface area contributed by atoms with Gasteiger partial charge in [0, 0.05) is 11.6 Å². The fourth-order valence-electron chi connectivity index (χ4n) is 2.04. The lowest BCUT2D eigenvalue weighted by Gasteiger charge is -2.32. The van der Waals surface area contributed by atoms with E-state index >= 15 is 0 Å². The number of hydrogen-bond donors (Lipinski definition) is 2. The third kappa shape index (κ3) is 1.72. The molecule has 1 aliphatic rings. The molecule has 2 nitrogen and oxygen atoms in total. The van der Waals surface area contributed by atoms with Gasteiger partial charge in [0.2, 0.25) is 0 Å². The van der Waals surface area contributed by atoms with Crippen molar-refractivity contribution in [2.45, 2.75) is 32.2 Å². The second-order valence-corrected chi connectivity index (χ2v) is 4.34. The third-order valence-corrected chi connectivity index (χ3v) is 3.36. The van der Waals surface area contributed by atoms with Gasteiger partial charge >= 0.3 is 0 Å². The number of halogens is 1. The molecule has 0 saturated heterocycles. The molecule has 0 heterocycles. The minimum atomic E-state index is -0.391. The maximum absolute atomic E-state index is 13.6. The molecule has 1 aliphatic carbocycles. The number of benzene rings is 1. The Hall–Kier alpha value is -1.09. The Kier molecular flexibility index (Phi) is 2.65. The predicted molar refractivity (Wildman–Crippen MR) is 57.1 cm³/mol. The fourth-order valence-corrected chi connectivity index (χ4v) is 2.04. The van der Waals surface area contributed by atoms with E-state index in [0.717, 1.165) is 19.3 Å². The van der Waals surface area contributed by atoms with Crippen LogP contribution in [0.2, 0.25) is 0 Å². The van der Waals surface area contributed by atoms with Crippen LogP contribution in [0.15, 0.2) is 12.1 Å². The van der Waals surface area contributed by atoms with Gasteiger partial charge in [-0.1, -0.05) is 12.5 Å². The van der Waals surface area contributed by atoms with Gasteiger partial charge in [-0.15, -0.1) is 0 Å². The molecule has 1 aromatic rings. The molecule has 3 heteroatoms. The van der Waals surface area contributed by atoms with Crippen LogP contribution in [-0.4, -0.2) is 5.11 Å². The summed E-state index contributed by atoms with van der Waals surface area (Å²) in [6.07, 6.45) is 3.23. The van der Waals surface area contributed by atoms with Crippen LogP contribution in [0.3, 0.4) is 0 Å². The summed E-state index contributed by atoms with van der Waals surface area (Å²) in [5.74, 6) is -0.0425. The number of rotatable bonds is 2. The van der Waals surface area contributed by atoms with Crippen molar-refractivity contribution in [2.24, 2.45) is 11.7 Å². The van der Waals surface area contributed by atoms with Gasteiger partial charge < -0.3 is 10.8 Å². The quantitative estimate of drug-likeness (QED) is 0.786. The molecular weight excluding hydrogens is 193 g/mol. The first kappa shape index (κ1) is 10.4. The van der Waals surface area contributed by atoms with Gasteiger partial charge in [0.25, 0.3) is 0 Å². The zero-order chi connectivity index (χ0) is 11.0. The summed E-state index contributed by atoms with van der Waals surface area (Å²) in [6, 6.07) is 2.59. The van der Waals surface area contributed by atoms with Gasteiger partial charge in [-0.05, 0) is 37.3 Å². The van der Waals surface area contributed by atoms with Crippen molar-refractivity contribution >= 4 is 0 Å². The summed E-state index contributed by atoms with van der Waals surface area (Å²) in [4.78, 5) is 0. The van der Waals surface area contributed by atoms with Crippen LogP contribution >= 0.6 is 0 Å². The molecule has 0 aromatic heterocycles. The lowest BCUT2D eigenvalue weighted by molar-refractivity contribution is 0.256. The Morgan fingerprint density at radius 2 is 2.13 bits per heavy atom. The summed E-state index contributed by atoms with van der Waals surface area (Å²) < 4.78 is 13.6. The molecule has 2 rings (SSSR count). The van der Waals surface area contributed by atoms with Crippen LogP contribution < -0.4 is 5.73 Å². The number of phenols is 1. The molecule has 0 amide bonds. The first-order valence-corrected chi connectivity index (χ1v) is 5.35. The Balaban J connectivity index is 2.36. The molecule has 0 bridgehead atoms. The van der Waals surface area contributed by atoms with E-state index in [2.05, 4.69) is 0 Å². The molecule has 15 heavy (non-hydrogen) atoms. The van der Waals surface area contributed by atoms with Gasteiger partial charge in [-0.2, -0.15) is 0 Å². The maximum atomic E-state index is 13.6. The van der Waals surface area contributed by atoms with Crippen molar-refractivity contribution in [3.8, 4) is 5.75 Å². The van der Waals surface area contributed by atoms with Crippen LogP contribution in [0.4, 0.5) is 4.39 Å². The van der Waals surface area contributed by atoms with E-state index in [1.807, 2.05) is 0 Å². The second-order valence-electron chi connectivity index (χ2n) is 4.34. The first-order valence-electron chi connectivity index (χ1n) is 5.35. The normalized spacial score (nSPS) is 18.6. The first-order chi connectivity index (χ1) is 7.11. The SMILES string of the molecule is Cc1ccc(F)c([C@H](N)C2CCC2)c1O. The third-order valence-electron chi connectivity index (χ3n) is 3.36. The number of nitrogens with two attached hydrogens (primary N) is 1. The number of phenolic OH excluding ortho intramolecular Hbond substituents is 1. The Morgan fingerprint density at radius 1 is 1.47 bits per heavy atom. The van der Waals surface area contributed by atoms with Crippen molar-refractivity contribution in [1.29, 1.82) is 0 Å². The van der Waals surface area contributed by atoms with E-state index in [4.69, 9.17) is 5.73 Å². The van der Waals surface area contributed by atoms with Gasteiger partial charge in [-0.25, -0.2) is 4.39 Å². The van der Waals surface area contributed by atoms with E-state index < -0.39 is 5.82 Å². The molecule has 1 atom stereocenters. The minimum Gasteiger partial charge on any atom is -0.507 e. The summed E-state index contributed by atoms with van der Waals surface area (Å²) in [5, 5.41) is 9.80. The number of hydrogen-bond acceptors (Lipinski definition) is 2. The smallest absolute Gasteiger partial charge is 0.131 e. The Labute approximate surface area is 88.9 Å². The topological polar surface area (TPSA) is 46.2 Å². The molecule has 1 aromatic carbocycles. The standard InChI is InChI=1S/C12H16FNO/c1-7-5-6-9(13)10(12(7)15)11(14)8-3-2-4-8/h5-6,8,11,15H,2-4,14H2,1H3/t11-/m1/s1. The average molecular weight is 209 g/mol. The highest BCUT2D eigenvalue weighted by Gasteiger charge is 2.29. The zero-order valence-electron chi connectivity index (χ0n) is 8.83. The fraction of sp³-hybridized carbons (Fsp3) is 0.500.